The Morgan fingerprint density at radius 1 is 1.08 bits per heavy atom. The molecule has 2 amide bonds. The number of carbonyl (C=O) groups is 1. The number of hydrogen-bond acceptors (Lipinski definition) is 3. The Morgan fingerprint density at radius 3 is 2.40 bits per heavy atom. The van der Waals surface area contributed by atoms with Crippen molar-refractivity contribution >= 4 is 17.4 Å². The highest BCUT2D eigenvalue weighted by Gasteiger charge is 2.12. The van der Waals surface area contributed by atoms with Crippen LogP contribution >= 0.6 is 11.3 Å². The van der Waals surface area contributed by atoms with Crippen LogP contribution in [0.5, 0.6) is 0 Å². The lowest BCUT2D eigenvalue weighted by molar-refractivity contribution is 0.206. The van der Waals surface area contributed by atoms with E-state index in [-0.39, 0.29) is 6.03 Å². The summed E-state index contributed by atoms with van der Waals surface area (Å²) in [6, 6.07) is 20.0. The van der Waals surface area contributed by atoms with Gasteiger partial charge in [-0.25, -0.2) is 9.78 Å². The molecule has 0 aliphatic carbocycles. The van der Waals surface area contributed by atoms with Gasteiger partial charge in [-0.15, -0.1) is 11.3 Å². The molecule has 1 aromatic heterocycles. The predicted molar refractivity (Wildman–Crippen MR) is 102 cm³/mol. The molecule has 2 aromatic carbocycles. The molecule has 1 heterocycles. The van der Waals surface area contributed by atoms with E-state index in [4.69, 9.17) is 0 Å². The summed E-state index contributed by atoms with van der Waals surface area (Å²) in [7, 11) is 1.80. The molecular formula is C20H21N3OS. The number of benzene rings is 2. The summed E-state index contributed by atoms with van der Waals surface area (Å²) < 4.78 is 0. The van der Waals surface area contributed by atoms with Gasteiger partial charge in [0.25, 0.3) is 0 Å². The number of urea groups is 1. The van der Waals surface area contributed by atoms with Crippen molar-refractivity contribution in [2.24, 2.45) is 0 Å². The second kappa shape index (κ2) is 7.94. The van der Waals surface area contributed by atoms with E-state index in [9.17, 15) is 4.79 Å². The Bertz CT molecular complexity index is 831. The van der Waals surface area contributed by atoms with Gasteiger partial charge in [0.15, 0.2) is 0 Å². The first-order chi connectivity index (χ1) is 12.1. The Morgan fingerprint density at radius 2 is 1.72 bits per heavy atom. The molecule has 1 N–H and O–H groups in total. The van der Waals surface area contributed by atoms with Crippen LogP contribution in [0.15, 0.2) is 60.7 Å². The molecule has 0 atom stereocenters. The lowest BCUT2D eigenvalue weighted by Gasteiger charge is -2.17. The maximum atomic E-state index is 12.3. The van der Waals surface area contributed by atoms with Crippen LogP contribution in [0, 0.1) is 6.92 Å². The average molecular weight is 351 g/mol. The lowest BCUT2D eigenvalue weighted by atomic mass is 10.2. The minimum absolute atomic E-state index is 0.0853. The van der Waals surface area contributed by atoms with Crippen LogP contribution in [0.25, 0.3) is 10.6 Å². The van der Waals surface area contributed by atoms with Crippen LogP contribution in [-0.4, -0.2) is 23.0 Å². The monoisotopic (exact) mass is 351 g/mol. The molecule has 3 aromatic rings. The zero-order valence-corrected chi connectivity index (χ0v) is 15.2. The zero-order valence-electron chi connectivity index (χ0n) is 14.4. The molecule has 3 rings (SSSR count). The Labute approximate surface area is 152 Å². The van der Waals surface area contributed by atoms with Gasteiger partial charge < -0.3 is 10.2 Å². The molecule has 0 unspecified atom stereocenters. The SMILES string of the molecule is Cc1nc(-c2ccccc2)sc1CNC(=O)N(C)Cc1ccccc1. The number of aromatic nitrogens is 1. The summed E-state index contributed by atoms with van der Waals surface area (Å²) in [6.45, 7) is 3.07. The standard InChI is InChI=1S/C20H21N3OS/c1-15-18(25-19(22-15)17-11-7-4-8-12-17)13-21-20(24)23(2)14-16-9-5-3-6-10-16/h3-12H,13-14H2,1-2H3,(H,21,24). The summed E-state index contributed by atoms with van der Waals surface area (Å²) in [4.78, 5) is 19.7. The lowest BCUT2D eigenvalue weighted by Crippen LogP contribution is -2.36. The van der Waals surface area contributed by atoms with Crippen LogP contribution < -0.4 is 5.32 Å². The molecule has 25 heavy (non-hydrogen) atoms. The quantitative estimate of drug-likeness (QED) is 0.737. The molecule has 0 aliphatic rings. The fourth-order valence-corrected chi connectivity index (χ4v) is 3.52. The van der Waals surface area contributed by atoms with Crippen molar-refractivity contribution in [3.05, 3.63) is 76.8 Å². The molecular weight excluding hydrogens is 330 g/mol. The van der Waals surface area contributed by atoms with Gasteiger partial charge in [0, 0.05) is 24.0 Å². The first kappa shape index (κ1) is 17.2. The third-order valence-corrected chi connectivity index (χ3v) is 5.13. The normalized spacial score (nSPS) is 10.5. The number of nitrogens with one attached hydrogen (secondary N) is 1. The highest BCUT2D eigenvalue weighted by atomic mass is 32.1. The van der Waals surface area contributed by atoms with Gasteiger partial charge in [0.2, 0.25) is 0 Å². The fourth-order valence-electron chi connectivity index (χ4n) is 2.52. The molecule has 128 valence electrons. The molecule has 0 spiro atoms. The minimum atomic E-state index is -0.0853. The van der Waals surface area contributed by atoms with Crippen molar-refractivity contribution in [2.75, 3.05) is 7.05 Å². The number of amides is 2. The van der Waals surface area contributed by atoms with Crippen LogP contribution in [0.2, 0.25) is 0 Å². The van der Waals surface area contributed by atoms with Crippen LogP contribution in [0.4, 0.5) is 4.79 Å². The highest BCUT2D eigenvalue weighted by Crippen LogP contribution is 2.27. The number of carbonyl (C=O) groups excluding carboxylic acids is 1. The van der Waals surface area contributed by atoms with E-state index in [1.807, 2.05) is 67.6 Å². The van der Waals surface area contributed by atoms with Crippen molar-refractivity contribution in [1.29, 1.82) is 0 Å². The molecule has 0 fully saturated rings. The summed E-state index contributed by atoms with van der Waals surface area (Å²) in [5, 5.41) is 3.97. The van der Waals surface area contributed by atoms with Crippen LogP contribution in [0.3, 0.4) is 0 Å². The number of hydrogen-bond donors (Lipinski definition) is 1. The van der Waals surface area contributed by atoms with Gasteiger partial charge in [-0.2, -0.15) is 0 Å². The third-order valence-electron chi connectivity index (χ3n) is 3.92. The van der Waals surface area contributed by atoms with Gasteiger partial charge in [0.1, 0.15) is 5.01 Å². The van der Waals surface area contributed by atoms with E-state index in [0.29, 0.717) is 13.1 Å². The molecule has 5 heteroatoms. The van der Waals surface area contributed by atoms with Gasteiger partial charge in [-0.3, -0.25) is 0 Å². The average Bonchev–Trinajstić information content (AvgIpc) is 3.02. The van der Waals surface area contributed by atoms with Gasteiger partial charge in [-0.05, 0) is 12.5 Å². The van der Waals surface area contributed by atoms with Gasteiger partial charge in [-0.1, -0.05) is 60.7 Å². The van der Waals surface area contributed by atoms with E-state index >= 15 is 0 Å². The van der Waals surface area contributed by atoms with Gasteiger partial charge >= 0.3 is 6.03 Å². The van der Waals surface area contributed by atoms with Crippen molar-refractivity contribution in [3.8, 4) is 10.6 Å². The smallest absolute Gasteiger partial charge is 0.317 e. The summed E-state index contributed by atoms with van der Waals surface area (Å²) in [5.74, 6) is 0. The molecule has 0 aliphatic heterocycles. The van der Waals surface area contributed by atoms with E-state index in [2.05, 4.69) is 10.3 Å². The number of nitrogens with zero attached hydrogens (tertiary/aromatic N) is 2. The third kappa shape index (κ3) is 4.45. The number of aryl methyl sites for hydroxylation is 1. The predicted octanol–water partition coefficient (Wildman–Crippen LogP) is 4.46. The Kier molecular flexibility index (Phi) is 5.46. The molecule has 4 nitrogen and oxygen atoms in total. The van der Waals surface area contributed by atoms with E-state index < -0.39 is 0 Å². The number of thiazole rings is 1. The first-order valence-electron chi connectivity index (χ1n) is 8.18. The maximum absolute atomic E-state index is 12.3. The van der Waals surface area contributed by atoms with E-state index in [0.717, 1.165) is 26.7 Å². The largest absolute Gasteiger partial charge is 0.333 e. The Balaban J connectivity index is 1.60. The van der Waals surface area contributed by atoms with Crippen molar-refractivity contribution in [2.45, 2.75) is 20.0 Å². The molecule has 0 radical (unpaired) electrons. The second-order valence-electron chi connectivity index (χ2n) is 5.89. The zero-order chi connectivity index (χ0) is 17.6. The minimum Gasteiger partial charge on any atom is -0.333 e. The van der Waals surface area contributed by atoms with Crippen molar-refractivity contribution in [1.82, 2.24) is 15.2 Å². The molecule has 0 saturated carbocycles. The second-order valence-corrected chi connectivity index (χ2v) is 6.98. The number of rotatable bonds is 5. The van der Waals surface area contributed by atoms with E-state index in [1.165, 1.54) is 0 Å². The Hall–Kier alpha value is -2.66. The molecule has 0 saturated heterocycles. The summed E-state index contributed by atoms with van der Waals surface area (Å²) in [5.41, 5.74) is 3.18. The summed E-state index contributed by atoms with van der Waals surface area (Å²) in [6.07, 6.45) is 0. The first-order valence-corrected chi connectivity index (χ1v) is 9.00. The van der Waals surface area contributed by atoms with Crippen LogP contribution in [-0.2, 0) is 13.1 Å². The molecule has 0 bridgehead atoms. The fraction of sp³-hybridized carbons (Fsp3) is 0.200. The maximum Gasteiger partial charge on any atom is 0.317 e. The van der Waals surface area contributed by atoms with Crippen molar-refractivity contribution in [3.63, 3.8) is 0 Å². The van der Waals surface area contributed by atoms with Gasteiger partial charge in [0.05, 0.1) is 12.2 Å². The van der Waals surface area contributed by atoms with Crippen molar-refractivity contribution < 1.29 is 4.79 Å². The highest BCUT2D eigenvalue weighted by molar-refractivity contribution is 7.15. The summed E-state index contributed by atoms with van der Waals surface area (Å²) >= 11 is 1.63. The van der Waals surface area contributed by atoms with E-state index in [1.54, 1.807) is 23.3 Å². The topological polar surface area (TPSA) is 45.2 Å². The van der Waals surface area contributed by atoms with Crippen LogP contribution in [0.1, 0.15) is 16.1 Å².